The van der Waals surface area contributed by atoms with Crippen LogP contribution >= 0.6 is 15.9 Å². The van der Waals surface area contributed by atoms with Crippen LogP contribution in [0.3, 0.4) is 0 Å². The molecule has 2 N–H and O–H groups in total. The number of halogens is 3. The van der Waals surface area contributed by atoms with Gasteiger partial charge >= 0.3 is 0 Å². The minimum absolute atomic E-state index is 0.0344. The Morgan fingerprint density at radius 3 is 2.50 bits per heavy atom. The number of ether oxygens (including phenoxy) is 2. The average molecular weight is 344 g/mol. The number of nitrogen functional groups attached to an aromatic ring is 1. The first kappa shape index (κ1) is 14.6. The second kappa shape index (κ2) is 6.09. The lowest BCUT2D eigenvalue weighted by Gasteiger charge is -2.12. The quantitative estimate of drug-likeness (QED) is 0.831. The molecule has 0 aliphatic heterocycles. The second-order valence-corrected chi connectivity index (χ2v) is 4.88. The smallest absolute Gasteiger partial charge is 0.167 e. The van der Waals surface area contributed by atoms with E-state index in [4.69, 9.17) is 15.2 Å². The van der Waals surface area contributed by atoms with E-state index < -0.39 is 11.6 Å². The van der Waals surface area contributed by atoms with Gasteiger partial charge in [0.15, 0.2) is 17.3 Å². The summed E-state index contributed by atoms with van der Waals surface area (Å²) in [5, 5.41) is 0. The molecule has 2 aromatic carbocycles. The molecule has 0 saturated heterocycles. The summed E-state index contributed by atoms with van der Waals surface area (Å²) < 4.78 is 37.9. The summed E-state index contributed by atoms with van der Waals surface area (Å²) in [5.74, 6) is -0.547. The van der Waals surface area contributed by atoms with Crippen molar-refractivity contribution < 1.29 is 18.3 Å². The number of benzene rings is 2. The summed E-state index contributed by atoms with van der Waals surface area (Å²) in [5.41, 5.74) is 5.79. The van der Waals surface area contributed by atoms with Crippen molar-refractivity contribution in [3.8, 4) is 17.2 Å². The van der Waals surface area contributed by atoms with Crippen LogP contribution in [0.25, 0.3) is 0 Å². The molecular weight excluding hydrogens is 332 g/mol. The highest BCUT2D eigenvalue weighted by atomic mass is 79.9. The Labute approximate surface area is 123 Å². The lowest BCUT2D eigenvalue weighted by molar-refractivity contribution is 0.319. The zero-order chi connectivity index (χ0) is 14.7. The molecule has 3 nitrogen and oxygen atoms in total. The van der Waals surface area contributed by atoms with Crippen LogP contribution in [-0.2, 0) is 0 Å². The maximum Gasteiger partial charge on any atom is 0.167 e. The predicted molar refractivity (Wildman–Crippen MR) is 76.2 cm³/mol. The van der Waals surface area contributed by atoms with Crippen molar-refractivity contribution in [1.29, 1.82) is 0 Å². The SMILES string of the molecule is CCOc1cc(Oc2cc(F)cc(Br)c2)c(N)cc1F. The molecule has 6 heteroatoms. The predicted octanol–water partition coefficient (Wildman–Crippen LogP) is 4.50. The third kappa shape index (κ3) is 3.39. The topological polar surface area (TPSA) is 44.5 Å². The highest BCUT2D eigenvalue weighted by Gasteiger charge is 2.11. The van der Waals surface area contributed by atoms with E-state index in [0.29, 0.717) is 11.1 Å². The largest absolute Gasteiger partial charge is 0.491 e. The minimum atomic E-state index is -0.572. The Morgan fingerprint density at radius 2 is 1.85 bits per heavy atom. The number of anilines is 1. The standard InChI is InChI=1S/C14H12BrF2NO2/c1-2-19-13-7-14(12(18)6-11(13)17)20-10-4-8(15)3-9(16)5-10/h3-7H,2,18H2,1H3. The van der Waals surface area contributed by atoms with Gasteiger partial charge in [-0.1, -0.05) is 15.9 Å². The normalized spacial score (nSPS) is 10.4. The molecule has 2 aromatic rings. The molecule has 0 amide bonds. The van der Waals surface area contributed by atoms with Crippen molar-refractivity contribution in [2.24, 2.45) is 0 Å². The number of nitrogens with two attached hydrogens (primary N) is 1. The van der Waals surface area contributed by atoms with Crippen molar-refractivity contribution in [2.75, 3.05) is 12.3 Å². The summed E-state index contributed by atoms with van der Waals surface area (Å²) in [7, 11) is 0. The van der Waals surface area contributed by atoms with E-state index in [1.165, 1.54) is 18.2 Å². The van der Waals surface area contributed by atoms with Crippen LogP contribution in [0.4, 0.5) is 14.5 Å². The van der Waals surface area contributed by atoms with Crippen LogP contribution in [0.2, 0.25) is 0 Å². The van der Waals surface area contributed by atoms with Crippen LogP contribution in [0.1, 0.15) is 6.92 Å². The molecule has 106 valence electrons. The van der Waals surface area contributed by atoms with Gasteiger partial charge < -0.3 is 15.2 Å². The molecule has 2 rings (SSSR count). The van der Waals surface area contributed by atoms with Gasteiger partial charge in [-0.05, 0) is 19.1 Å². The molecule has 0 aromatic heterocycles. The molecule has 0 aliphatic carbocycles. The minimum Gasteiger partial charge on any atom is -0.491 e. The zero-order valence-corrected chi connectivity index (χ0v) is 12.2. The van der Waals surface area contributed by atoms with Gasteiger partial charge in [-0.3, -0.25) is 0 Å². The highest BCUT2D eigenvalue weighted by molar-refractivity contribution is 9.10. The Morgan fingerprint density at radius 1 is 1.10 bits per heavy atom. The van der Waals surface area contributed by atoms with E-state index >= 15 is 0 Å². The fourth-order valence-corrected chi connectivity index (χ4v) is 2.06. The van der Waals surface area contributed by atoms with Crippen LogP contribution < -0.4 is 15.2 Å². The van der Waals surface area contributed by atoms with Crippen LogP contribution in [0.15, 0.2) is 34.8 Å². The van der Waals surface area contributed by atoms with Gasteiger partial charge in [0.1, 0.15) is 11.6 Å². The first-order valence-corrected chi connectivity index (χ1v) is 6.64. The third-order valence-electron chi connectivity index (χ3n) is 2.43. The van der Waals surface area contributed by atoms with Crippen molar-refractivity contribution >= 4 is 21.6 Å². The van der Waals surface area contributed by atoms with E-state index in [9.17, 15) is 8.78 Å². The Bertz CT molecular complexity index is 615. The van der Waals surface area contributed by atoms with Crippen molar-refractivity contribution in [3.05, 3.63) is 46.4 Å². The van der Waals surface area contributed by atoms with Crippen LogP contribution in [0, 0.1) is 11.6 Å². The number of rotatable bonds is 4. The zero-order valence-electron chi connectivity index (χ0n) is 10.6. The summed E-state index contributed by atoms with van der Waals surface area (Å²) in [6, 6.07) is 6.52. The molecule has 20 heavy (non-hydrogen) atoms. The Balaban J connectivity index is 2.34. The van der Waals surface area contributed by atoms with Gasteiger partial charge in [0.25, 0.3) is 0 Å². The molecule has 0 atom stereocenters. The second-order valence-electron chi connectivity index (χ2n) is 3.96. The summed E-state index contributed by atoms with van der Waals surface area (Å²) in [6.07, 6.45) is 0. The molecule has 0 unspecified atom stereocenters. The first-order valence-electron chi connectivity index (χ1n) is 5.85. The maximum atomic E-state index is 13.6. The lowest BCUT2D eigenvalue weighted by Crippen LogP contribution is -1.99. The van der Waals surface area contributed by atoms with E-state index in [0.717, 1.165) is 6.07 Å². The molecular formula is C14H12BrF2NO2. The van der Waals surface area contributed by atoms with Gasteiger partial charge in [0.2, 0.25) is 0 Å². The monoisotopic (exact) mass is 343 g/mol. The maximum absolute atomic E-state index is 13.6. The van der Waals surface area contributed by atoms with Crippen molar-refractivity contribution in [1.82, 2.24) is 0 Å². The Hall–Kier alpha value is -1.82. The number of hydrogen-bond donors (Lipinski definition) is 1. The van der Waals surface area contributed by atoms with Crippen LogP contribution in [-0.4, -0.2) is 6.61 Å². The third-order valence-corrected chi connectivity index (χ3v) is 2.89. The molecule has 0 bridgehead atoms. The van der Waals surface area contributed by atoms with Gasteiger partial charge in [-0.25, -0.2) is 8.78 Å². The number of hydrogen-bond acceptors (Lipinski definition) is 3. The van der Waals surface area contributed by atoms with Crippen LogP contribution in [0.5, 0.6) is 17.2 Å². The average Bonchev–Trinajstić information content (AvgIpc) is 2.34. The summed E-state index contributed by atoms with van der Waals surface area (Å²) >= 11 is 3.16. The van der Waals surface area contributed by atoms with Gasteiger partial charge in [-0.15, -0.1) is 0 Å². The lowest BCUT2D eigenvalue weighted by atomic mass is 10.2. The molecule has 0 fully saturated rings. The highest BCUT2D eigenvalue weighted by Crippen LogP contribution is 2.34. The van der Waals surface area contributed by atoms with Gasteiger partial charge in [-0.2, -0.15) is 0 Å². The molecule has 0 spiro atoms. The Kier molecular flexibility index (Phi) is 4.44. The van der Waals surface area contributed by atoms with E-state index in [1.54, 1.807) is 13.0 Å². The van der Waals surface area contributed by atoms with E-state index in [1.807, 2.05) is 0 Å². The van der Waals surface area contributed by atoms with E-state index in [-0.39, 0.29) is 22.9 Å². The van der Waals surface area contributed by atoms with Crippen molar-refractivity contribution in [2.45, 2.75) is 6.92 Å². The van der Waals surface area contributed by atoms with E-state index in [2.05, 4.69) is 15.9 Å². The van der Waals surface area contributed by atoms with Crippen molar-refractivity contribution in [3.63, 3.8) is 0 Å². The molecule has 0 saturated carbocycles. The van der Waals surface area contributed by atoms with Gasteiger partial charge in [0, 0.05) is 22.7 Å². The first-order chi connectivity index (χ1) is 9.49. The van der Waals surface area contributed by atoms with Gasteiger partial charge in [0.05, 0.1) is 12.3 Å². The molecule has 0 radical (unpaired) electrons. The molecule has 0 heterocycles. The fourth-order valence-electron chi connectivity index (χ4n) is 1.62. The summed E-state index contributed by atoms with van der Waals surface area (Å²) in [6.45, 7) is 2.05. The molecule has 0 aliphatic rings. The fraction of sp³-hybridized carbons (Fsp3) is 0.143. The summed E-state index contributed by atoms with van der Waals surface area (Å²) in [4.78, 5) is 0.